The molecule has 452 valence electrons. The Morgan fingerprint density at radius 3 is 1.55 bits per heavy atom. The second kappa shape index (κ2) is 33.8. The molecule has 2 aromatic rings. The van der Waals surface area contributed by atoms with Gasteiger partial charge in [-0.05, 0) is 111 Å². The van der Waals surface area contributed by atoms with Crippen molar-refractivity contribution in [1.82, 2.24) is 30.2 Å². The number of carbonyl (C=O) groups excluding carboxylic acids is 10. The van der Waals surface area contributed by atoms with Gasteiger partial charge in [-0.3, -0.25) is 38.5 Å². The lowest BCUT2D eigenvalue weighted by molar-refractivity contribution is -0.161. The van der Waals surface area contributed by atoms with E-state index in [2.05, 4.69) is 26.5 Å². The summed E-state index contributed by atoms with van der Waals surface area (Å²) in [6, 6.07) is 15.5. The van der Waals surface area contributed by atoms with Gasteiger partial charge >= 0.3 is 35.8 Å². The standard InChI is InChI=1S/C28H36N4O5.C13H21NO5.C9H13NO5.C7H11NO3/c1-2-36-28(35)24-13-14-27(34)32(24)21-26(33)29-15-8-16-30-17-19-31(20-18-30)23-11-6-7-12-25(23)37-22-9-4-3-5-10-22;1-5-18-12(17)9-6-7-10(15)14(9)8-11(16)19-13(2,3)4;1-2-15-9(14)6-3-4-7(11)10(6)5-8(12)13;1-2-11-7(10)5-3-4-6(9)8-5/h3-7,9-12,24H,2,8,13-21H2,1H3,(H,29,33);9H,5-8H2,1-4H3;6H,2-5H2,1H3,(H,12,13);5H,2-4H2,1H3,(H,8,9). The van der Waals surface area contributed by atoms with Crippen LogP contribution in [-0.4, -0.2) is 205 Å². The summed E-state index contributed by atoms with van der Waals surface area (Å²) in [5.74, 6) is -2.73. The maximum atomic E-state index is 12.4. The van der Waals surface area contributed by atoms with Crippen LogP contribution in [0.1, 0.15) is 106 Å². The van der Waals surface area contributed by atoms with Gasteiger partial charge in [0.15, 0.2) is 5.75 Å². The van der Waals surface area contributed by atoms with Crippen molar-refractivity contribution in [2.45, 2.75) is 136 Å². The van der Waals surface area contributed by atoms with Gasteiger partial charge in [-0.25, -0.2) is 19.2 Å². The lowest BCUT2D eigenvalue weighted by Crippen LogP contribution is -2.47. The Balaban J connectivity index is 0.000000267. The molecule has 4 unspecified atom stereocenters. The summed E-state index contributed by atoms with van der Waals surface area (Å²) in [5.41, 5.74) is 0.482. The third-order valence-electron chi connectivity index (χ3n) is 13.1. The van der Waals surface area contributed by atoms with Gasteiger partial charge in [0.05, 0.1) is 32.1 Å². The van der Waals surface area contributed by atoms with Gasteiger partial charge < -0.3 is 63.8 Å². The molecule has 25 nitrogen and oxygen atoms in total. The molecule has 3 N–H and O–H groups in total. The van der Waals surface area contributed by atoms with Crippen LogP contribution >= 0.6 is 0 Å². The normalized spacial score (nSPS) is 19.5. The lowest BCUT2D eigenvalue weighted by atomic mass is 10.2. The number of likely N-dealkylation sites (tertiary alicyclic amines) is 3. The highest BCUT2D eigenvalue weighted by Crippen LogP contribution is 2.33. The summed E-state index contributed by atoms with van der Waals surface area (Å²) in [5, 5.41) is 14.0. The summed E-state index contributed by atoms with van der Waals surface area (Å²) in [7, 11) is 0. The fraction of sp³-hybridized carbons (Fsp3) is 0.596. The quantitative estimate of drug-likeness (QED) is 0.0919. The van der Waals surface area contributed by atoms with Gasteiger partial charge in [0.25, 0.3) is 0 Å². The van der Waals surface area contributed by atoms with Crippen LogP contribution in [-0.2, 0) is 76.4 Å². The molecule has 5 amide bonds. The molecule has 5 saturated heterocycles. The molecule has 0 bridgehead atoms. The molecule has 5 heterocycles. The van der Waals surface area contributed by atoms with E-state index in [-0.39, 0.29) is 87.7 Å². The van der Waals surface area contributed by atoms with Crippen LogP contribution in [0.5, 0.6) is 11.5 Å². The van der Waals surface area contributed by atoms with Crippen molar-refractivity contribution in [3.05, 3.63) is 54.6 Å². The van der Waals surface area contributed by atoms with E-state index in [1.54, 1.807) is 48.5 Å². The molecule has 25 heteroatoms. The number of para-hydroxylation sites is 3. The second-order valence-corrected chi connectivity index (χ2v) is 20.3. The fourth-order valence-corrected chi connectivity index (χ4v) is 9.31. The number of aliphatic carboxylic acids is 1. The van der Waals surface area contributed by atoms with Crippen molar-refractivity contribution >= 4 is 71.0 Å². The summed E-state index contributed by atoms with van der Waals surface area (Å²) in [6.07, 6.45) is 3.68. The van der Waals surface area contributed by atoms with E-state index in [0.29, 0.717) is 45.3 Å². The monoisotopic (exact) mass is 1150 g/mol. The predicted molar refractivity (Wildman–Crippen MR) is 295 cm³/mol. The van der Waals surface area contributed by atoms with Crippen molar-refractivity contribution in [2.75, 3.05) is 90.2 Å². The van der Waals surface area contributed by atoms with Crippen LogP contribution in [0.15, 0.2) is 54.6 Å². The SMILES string of the molecule is CCOC(=O)C1CCC(=O)N1.CCOC(=O)C1CCC(=O)N1CC(=O)NCCCN1CCN(c2ccccc2Oc2ccccc2)CC1.CCOC(=O)C1CCC(=O)N1CC(=O)O.CCOC(=O)C1CCC(=O)N1CC(=O)OC(C)(C)C. The molecular weight excluding hydrogens is 1070 g/mol. The maximum Gasteiger partial charge on any atom is 0.328 e. The first-order valence-electron chi connectivity index (χ1n) is 27.9. The highest BCUT2D eigenvalue weighted by molar-refractivity contribution is 5.93. The number of ether oxygens (including phenoxy) is 6. The Labute approximate surface area is 478 Å². The van der Waals surface area contributed by atoms with E-state index in [1.807, 2.05) is 48.5 Å². The van der Waals surface area contributed by atoms with Crippen molar-refractivity contribution < 1.29 is 86.3 Å². The highest BCUT2D eigenvalue weighted by Gasteiger charge is 2.41. The Bertz CT molecular complexity index is 2500. The second-order valence-electron chi connectivity index (χ2n) is 20.3. The number of esters is 5. The molecule has 5 aliphatic heterocycles. The summed E-state index contributed by atoms with van der Waals surface area (Å²) < 4.78 is 30.7. The predicted octanol–water partition coefficient (Wildman–Crippen LogP) is 3.00. The van der Waals surface area contributed by atoms with Crippen molar-refractivity contribution in [1.29, 1.82) is 0 Å². The number of nitrogens with zero attached hydrogens (tertiary/aromatic N) is 5. The number of hydrogen-bond donors (Lipinski definition) is 3. The third kappa shape index (κ3) is 21.9. The number of carbonyl (C=O) groups is 11. The number of nitrogens with one attached hydrogen (secondary N) is 2. The molecule has 5 fully saturated rings. The molecule has 0 aliphatic carbocycles. The number of anilines is 1. The first-order chi connectivity index (χ1) is 39.1. The average molecular weight is 1150 g/mol. The van der Waals surface area contributed by atoms with Gasteiger partial charge in [0.2, 0.25) is 29.5 Å². The molecule has 2 aromatic carbocycles. The number of carboxylic acid groups (broad SMARTS) is 1. The van der Waals surface area contributed by atoms with E-state index in [1.165, 1.54) is 9.80 Å². The fourth-order valence-electron chi connectivity index (χ4n) is 9.31. The number of amides is 5. The largest absolute Gasteiger partial charge is 0.480 e. The Morgan fingerprint density at radius 1 is 0.598 bits per heavy atom. The van der Waals surface area contributed by atoms with Crippen LogP contribution in [0, 0.1) is 0 Å². The first-order valence-corrected chi connectivity index (χ1v) is 27.9. The molecule has 0 radical (unpaired) electrons. The highest BCUT2D eigenvalue weighted by atomic mass is 16.6. The molecule has 0 aromatic heterocycles. The third-order valence-corrected chi connectivity index (χ3v) is 13.1. The molecule has 0 saturated carbocycles. The van der Waals surface area contributed by atoms with E-state index in [0.717, 1.165) is 61.2 Å². The average Bonchev–Trinajstić information content (AvgIpc) is 4.40. The number of hydrogen-bond acceptors (Lipinski definition) is 19. The van der Waals surface area contributed by atoms with Crippen molar-refractivity contribution in [2.24, 2.45) is 0 Å². The van der Waals surface area contributed by atoms with Gasteiger partial charge in [-0.15, -0.1) is 0 Å². The van der Waals surface area contributed by atoms with Crippen LogP contribution < -0.4 is 20.3 Å². The number of rotatable bonds is 21. The Kier molecular flexibility index (Phi) is 27.5. The maximum absolute atomic E-state index is 12.4. The molecular formula is C57H81N7O18. The van der Waals surface area contributed by atoms with Gasteiger partial charge in [0, 0.05) is 58.4 Å². The Hall–Kier alpha value is -7.83. The van der Waals surface area contributed by atoms with Crippen LogP contribution in [0.3, 0.4) is 0 Å². The molecule has 82 heavy (non-hydrogen) atoms. The summed E-state index contributed by atoms with van der Waals surface area (Å²) in [4.78, 5) is 135. The first kappa shape index (κ1) is 66.7. The summed E-state index contributed by atoms with van der Waals surface area (Å²) in [6.45, 7) is 17.5. The van der Waals surface area contributed by atoms with Gasteiger partial charge in [-0.1, -0.05) is 30.3 Å². The Morgan fingerprint density at radius 2 is 1.07 bits per heavy atom. The zero-order valence-corrected chi connectivity index (χ0v) is 48.2. The smallest absolute Gasteiger partial charge is 0.328 e. The van der Waals surface area contributed by atoms with Gasteiger partial charge in [-0.2, -0.15) is 0 Å². The minimum Gasteiger partial charge on any atom is -0.480 e. The zero-order valence-electron chi connectivity index (χ0n) is 48.2. The van der Waals surface area contributed by atoms with E-state index >= 15 is 0 Å². The molecule has 7 rings (SSSR count). The lowest BCUT2D eigenvalue weighted by Gasteiger charge is -2.36. The number of benzene rings is 2. The van der Waals surface area contributed by atoms with Crippen LogP contribution in [0.2, 0.25) is 0 Å². The van der Waals surface area contributed by atoms with Crippen molar-refractivity contribution in [3.8, 4) is 11.5 Å². The topological polar surface area (TPSA) is 304 Å². The number of piperazine rings is 1. The summed E-state index contributed by atoms with van der Waals surface area (Å²) >= 11 is 0. The zero-order chi connectivity index (χ0) is 60.4. The van der Waals surface area contributed by atoms with E-state index in [4.69, 9.17) is 33.5 Å². The van der Waals surface area contributed by atoms with Crippen LogP contribution in [0.4, 0.5) is 5.69 Å². The molecule has 0 spiro atoms. The molecule has 4 atom stereocenters. The van der Waals surface area contributed by atoms with E-state index in [9.17, 15) is 52.7 Å². The number of carboxylic acids is 1. The molecule has 5 aliphatic rings. The van der Waals surface area contributed by atoms with Crippen LogP contribution in [0.25, 0.3) is 0 Å². The van der Waals surface area contributed by atoms with Gasteiger partial charge in [0.1, 0.15) is 55.2 Å². The van der Waals surface area contributed by atoms with Crippen molar-refractivity contribution in [3.63, 3.8) is 0 Å². The minimum absolute atomic E-state index is 0.0666. The minimum atomic E-state index is -1.13. The van der Waals surface area contributed by atoms with E-state index < -0.39 is 66.2 Å².